The molecule has 0 radical (unpaired) electrons. The van der Waals surface area contributed by atoms with E-state index in [9.17, 15) is 0 Å². The fraction of sp³-hybridized carbons (Fsp3) is 0.267. The smallest absolute Gasteiger partial charge is 0.0421 e. The molecule has 1 aromatic carbocycles. The number of rotatable bonds is 5. The van der Waals surface area contributed by atoms with E-state index in [1.165, 1.54) is 5.69 Å². The van der Waals surface area contributed by atoms with Crippen LogP contribution in [0.25, 0.3) is 0 Å². The van der Waals surface area contributed by atoms with Crippen LogP contribution in [0.15, 0.2) is 47.1 Å². The number of hydrogen-bond donors (Lipinski definition) is 1. The molecular weight excluding hydrogens is 302 g/mol. The van der Waals surface area contributed by atoms with Gasteiger partial charge in [0, 0.05) is 48.6 Å². The van der Waals surface area contributed by atoms with Gasteiger partial charge in [0.25, 0.3) is 0 Å². The number of anilines is 1. The van der Waals surface area contributed by atoms with Crippen molar-refractivity contribution in [2.45, 2.75) is 13.0 Å². The number of likely N-dealkylation sites (N-methyl/N-ethyl adjacent to an activating group) is 1. The highest BCUT2D eigenvalue weighted by atomic mass is 79.9. The van der Waals surface area contributed by atoms with Crippen LogP contribution in [0.3, 0.4) is 0 Å². The van der Waals surface area contributed by atoms with Crippen molar-refractivity contribution in [2.24, 2.45) is 5.73 Å². The molecule has 3 nitrogen and oxygen atoms in total. The molecule has 100 valence electrons. The summed E-state index contributed by atoms with van der Waals surface area (Å²) in [5.41, 5.74) is 9.25. The lowest BCUT2D eigenvalue weighted by Gasteiger charge is -2.22. The van der Waals surface area contributed by atoms with Gasteiger partial charge in [0.1, 0.15) is 0 Å². The second kappa shape index (κ2) is 6.68. The fourth-order valence-corrected chi connectivity index (χ4v) is 2.45. The predicted octanol–water partition coefficient (Wildman–Crippen LogP) is 2.98. The lowest BCUT2D eigenvalue weighted by molar-refractivity contribution is 0.844. The summed E-state index contributed by atoms with van der Waals surface area (Å²) in [4.78, 5) is 6.57. The molecule has 4 heteroatoms. The van der Waals surface area contributed by atoms with E-state index in [2.05, 4.69) is 51.1 Å². The third-order valence-electron chi connectivity index (χ3n) is 3.10. The Morgan fingerprint density at radius 2 is 2.11 bits per heavy atom. The summed E-state index contributed by atoms with van der Waals surface area (Å²) in [5.74, 6) is 0. The van der Waals surface area contributed by atoms with E-state index in [1.807, 2.05) is 24.4 Å². The van der Waals surface area contributed by atoms with Crippen molar-refractivity contribution in [3.8, 4) is 0 Å². The number of aromatic nitrogens is 1. The monoisotopic (exact) mass is 319 g/mol. The highest BCUT2D eigenvalue weighted by Crippen LogP contribution is 2.23. The average molecular weight is 320 g/mol. The molecule has 0 saturated carbocycles. The van der Waals surface area contributed by atoms with Gasteiger partial charge in [0.2, 0.25) is 0 Å². The second-order valence-corrected chi connectivity index (χ2v) is 5.39. The average Bonchev–Trinajstić information content (AvgIpc) is 2.45. The summed E-state index contributed by atoms with van der Waals surface area (Å²) in [5, 5.41) is 0. The first-order chi connectivity index (χ1) is 9.20. The van der Waals surface area contributed by atoms with E-state index in [0.717, 1.165) is 28.7 Å². The number of nitrogens with two attached hydrogens (primary N) is 1. The normalized spacial score (nSPS) is 10.5. The minimum absolute atomic E-state index is 0.544. The molecule has 1 heterocycles. The van der Waals surface area contributed by atoms with E-state index in [4.69, 9.17) is 5.73 Å². The molecule has 0 saturated heterocycles. The molecule has 0 spiro atoms. The molecule has 0 aliphatic rings. The molecule has 2 rings (SSSR count). The molecule has 0 fully saturated rings. The fourth-order valence-electron chi connectivity index (χ4n) is 2.04. The Kier molecular flexibility index (Phi) is 4.93. The van der Waals surface area contributed by atoms with Crippen molar-refractivity contribution in [3.05, 3.63) is 58.3 Å². The first-order valence-electron chi connectivity index (χ1n) is 6.30. The van der Waals surface area contributed by atoms with Gasteiger partial charge in [-0.25, -0.2) is 0 Å². The van der Waals surface area contributed by atoms with Gasteiger partial charge < -0.3 is 10.6 Å². The Morgan fingerprint density at radius 1 is 1.26 bits per heavy atom. The van der Waals surface area contributed by atoms with E-state index in [-0.39, 0.29) is 0 Å². The Balaban J connectivity index is 2.05. The van der Waals surface area contributed by atoms with Crippen LogP contribution < -0.4 is 10.6 Å². The summed E-state index contributed by atoms with van der Waals surface area (Å²) in [6, 6.07) is 12.2. The molecule has 0 amide bonds. The van der Waals surface area contributed by atoms with Crippen LogP contribution in [0.5, 0.6) is 0 Å². The summed E-state index contributed by atoms with van der Waals surface area (Å²) >= 11 is 3.48. The van der Waals surface area contributed by atoms with E-state index < -0.39 is 0 Å². The Bertz CT molecular complexity index is 528. The summed E-state index contributed by atoms with van der Waals surface area (Å²) in [7, 11) is 2.09. The molecule has 0 aliphatic heterocycles. The predicted molar refractivity (Wildman–Crippen MR) is 83.2 cm³/mol. The van der Waals surface area contributed by atoms with Crippen molar-refractivity contribution < 1.29 is 0 Å². The molecule has 0 bridgehead atoms. The molecule has 1 aromatic heterocycles. The van der Waals surface area contributed by atoms with Gasteiger partial charge in [0.15, 0.2) is 0 Å². The number of nitrogens with zero attached hydrogens (tertiary/aromatic N) is 2. The van der Waals surface area contributed by atoms with Gasteiger partial charge in [-0.15, -0.1) is 0 Å². The summed E-state index contributed by atoms with van der Waals surface area (Å²) in [6.45, 7) is 1.47. The minimum Gasteiger partial charge on any atom is -0.374 e. The summed E-state index contributed by atoms with van der Waals surface area (Å²) < 4.78 is 1.06. The van der Waals surface area contributed by atoms with Crippen LogP contribution in [0.4, 0.5) is 5.69 Å². The molecule has 0 unspecified atom stereocenters. The molecular formula is C15H18BrN3. The zero-order chi connectivity index (χ0) is 13.7. The van der Waals surface area contributed by atoms with Crippen LogP contribution in [0.1, 0.15) is 11.3 Å². The van der Waals surface area contributed by atoms with Gasteiger partial charge in [-0.3, -0.25) is 4.98 Å². The maximum atomic E-state index is 5.80. The molecule has 0 atom stereocenters. The van der Waals surface area contributed by atoms with Crippen molar-refractivity contribution in [3.63, 3.8) is 0 Å². The zero-order valence-corrected chi connectivity index (χ0v) is 12.6. The second-order valence-electron chi connectivity index (χ2n) is 4.47. The van der Waals surface area contributed by atoms with E-state index >= 15 is 0 Å². The van der Waals surface area contributed by atoms with Gasteiger partial charge >= 0.3 is 0 Å². The number of halogens is 1. The van der Waals surface area contributed by atoms with Crippen LogP contribution in [-0.2, 0) is 13.0 Å². The first kappa shape index (κ1) is 14.0. The third-order valence-corrected chi connectivity index (χ3v) is 3.60. The lowest BCUT2D eigenvalue weighted by atomic mass is 10.1. The highest BCUT2D eigenvalue weighted by Gasteiger charge is 2.07. The van der Waals surface area contributed by atoms with Crippen LogP contribution >= 0.6 is 15.9 Å². The molecule has 19 heavy (non-hydrogen) atoms. The van der Waals surface area contributed by atoms with Crippen molar-refractivity contribution in [1.29, 1.82) is 0 Å². The van der Waals surface area contributed by atoms with Gasteiger partial charge in [-0.1, -0.05) is 22.0 Å². The third kappa shape index (κ3) is 3.78. The maximum absolute atomic E-state index is 5.80. The number of hydrogen-bond acceptors (Lipinski definition) is 3. The van der Waals surface area contributed by atoms with Crippen molar-refractivity contribution in [2.75, 3.05) is 18.5 Å². The van der Waals surface area contributed by atoms with E-state index in [0.29, 0.717) is 6.54 Å². The van der Waals surface area contributed by atoms with E-state index in [1.54, 1.807) is 0 Å². The van der Waals surface area contributed by atoms with Crippen molar-refractivity contribution in [1.82, 2.24) is 4.98 Å². The largest absolute Gasteiger partial charge is 0.374 e. The topological polar surface area (TPSA) is 42.2 Å². The van der Waals surface area contributed by atoms with Gasteiger partial charge in [-0.05, 0) is 35.9 Å². The van der Waals surface area contributed by atoms with Crippen LogP contribution in [0, 0.1) is 0 Å². The first-order valence-corrected chi connectivity index (χ1v) is 7.09. The molecule has 2 aromatic rings. The van der Waals surface area contributed by atoms with Gasteiger partial charge in [-0.2, -0.15) is 0 Å². The molecule has 2 N–H and O–H groups in total. The standard InChI is InChI=1S/C15H18BrN3/c1-19(9-7-14-4-2-3-8-18-14)15-6-5-13(16)10-12(15)11-17/h2-6,8,10H,7,9,11,17H2,1H3. The summed E-state index contributed by atoms with van der Waals surface area (Å²) in [6.07, 6.45) is 2.76. The number of benzene rings is 1. The lowest BCUT2D eigenvalue weighted by Crippen LogP contribution is -2.22. The minimum atomic E-state index is 0.544. The molecule has 0 aliphatic carbocycles. The SMILES string of the molecule is CN(CCc1ccccn1)c1ccc(Br)cc1CN. The maximum Gasteiger partial charge on any atom is 0.0421 e. The Labute approximate surface area is 122 Å². The Morgan fingerprint density at radius 3 is 2.79 bits per heavy atom. The van der Waals surface area contributed by atoms with Crippen LogP contribution in [-0.4, -0.2) is 18.6 Å². The van der Waals surface area contributed by atoms with Gasteiger partial charge in [0.05, 0.1) is 0 Å². The quantitative estimate of drug-likeness (QED) is 0.921. The zero-order valence-electron chi connectivity index (χ0n) is 11.0. The number of pyridine rings is 1. The van der Waals surface area contributed by atoms with Crippen LogP contribution in [0.2, 0.25) is 0 Å². The Hall–Kier alpha value is -1.39. The van der Waals surface area contributed by atoms with Crippen molar-refractivity contribution >= 4 is 21.6 Å². The highest BCUT2D eigenvalue weighted by molar-refractivity contribution is 9.10.